The summed E-state index contributed by atoms with van der Waals surface area (Å²) < 4.78 is 5.21. The maximum absolute atomic E-state index is 5.21. The molecule has 0 aromatic heterocycles. The second-order valence-electron chi connectivity index (χ2n) is 7.79. The number of nitrogens with zero attached hydrogens (tertiary/aromatic N) is 3. The number of hydrogen-bond acceptors (Lipinski definition) is 4. The van der Waals surface area contributed by atoms with Gasteiger partial charge in [-0.25, -0.2) is 4.99 Å². The van der Waals surface area contributed by atoms with Gasteiger partial charge in [0, 0.05) is 45.8 Å². The molecule has 1 heterocycles. The van der Waals surface area contributed by atoms with Gasteiger partial charge in [0.15, 0.2) is 5.96 Å². The maximum atomic E-state index is 5.21. The van der Waals surface area contributed by atoms with Crippen LogP contribution < -0.4 is 15.4 Å². The summed E-state index contributed by atoms with van der Waals surface area (Å²) in [6.07, 6.45) is 0. The van der Waals surface area contributed by atoms with Crippen molar-refractivity contribution < 1.29 is 4.74 Å². The number of guanidine groups is 1. The number of aliphatic imine (C=N–C) groups is 1. The molecule has 1 aliphatic heterocycles. The average molecular weight is 537 g/mol. The van der Waals surface area contributed by atoms with Crippen molar-refractivity contribution in [3.05, 3.63) is 65.2 Å². The third kappa shape index (κ3) is 8.66. The van der Waals surface area contributed by atoms with Crippen LogP contribution in [-0.4, -0.2) is 62.6 Å². The van der Waals surface area contributed by atoms with Gasteiger partial charge in [-0.1, -0.05) is 36.4 Å². The summed E-state index contributed by atoms with van der Waals surface area (Å²) in [5, 5.41) is 6.75. The molecule has 0 bridgehead atoms. The number of halogens is 1. The van der Waals surface area contributed by atoms with Crippen LogP contribution >= 0.6 is 24.0 Å². The van der Waals surface area contributed by atoms with Crippen LogP contribution in [0.25, 0.3) is 0 Å². The predicted molar refractivity (Wildman–Crippen MR) is 139 cm³/mol. The summed E-state index contributed by atoms with van der Waals surface area (Å²) in [6, 6.07) is 16.9. The molecule has 2 aromatic rings. The van der Waals surface area contributed by atoms with Crippen molar-refractivity contribution in [2.75, 3.05) is 46.9 Å². The molecule has 1 aliphatic rings. The SMILES string of the molecule is CCNC(=NCc1ccc(OC)cc1)NCc1ccc(CN2CCN(C)CC2)cc1.I. The highest BCUT2D eigenvalue weighted by atomic mass is 127. The molecule has 2 N–H and O–H groups in total. The largest absolute Gasteiger partial charge is 0.497 e. The van der Waals surface area contributed by atoms with E-state index in [-0.39, 0.29) is 24.0 Å². The van der Waals surface area contributed by atoms with Crippen molar-refractivity contribution in [3.63, 3.8) is 0 Å². The molecular formula is C24H36IN5O. The minimum absolute atomic E-state index is 0. The Kier molecular flexibility index (Phi) is 11.1. The summed E-state index contributed by atoms with van der Waals surface area (Å²) in [5.74, 6) is 1.69. The molecule has 1 fully saturated rings. The quantitative estimate of drug-likeness (QED) is 0.308. The molecule has 0 unspecified atom stereocenters. The molecule has 0 radical (unpaired) electrons. The van der Waals surface area contributed by atoms with Crippen molar-refractivity contribution in [1.29, 1.82) is 0 Å². The van der Waals surface area contributed by atoms with Crippen LogP contribution in [0.3, 0.4) is 0 Å². The van der Waals surface area contributed by atoms with Gasteiger partial charge in [-0.15, -0.1) is 24.0 Å². The van der Waals surface area contributed by atoms with Crippen molar-refractivity contribution in [3.8, 4) is 5.75 Å². The lowest BCUT2D eigenvalue weighted by atomic mass is 10.1. The van der Waals surface area contributed by atoms with E-state index in [9.17, 15) is 0 Å². The fraction of sp³-hybridized carbons (Fsp3) is 0.458. The second kappa shape index (κ2) is 13.5. The van der Waals surface area contributed by atoms with Gasteiger partial charge in [0.2, 0.25) is 0 Å². The zero-order valence-electron chi connectivity index (χ0n) is 18.9. The summed E-state index contributed by atoms with van der Waals surface area (Å²) in [5.41, 5.74) is 3.79. The molecule has 1 saturated heterocycles. The number of benzene rings is 2. The normalized spacial score (nSPS) is 15.3. The third-order valence-corrected chi connectivity index (χ3v) is 5.41. The second-order valence-corrected chi connectivity index (χ2v) is 7.79. The summed E-state index contributed by atoms with van der Waals surface area (Å²) in [6.45, 7) is 9.94. The number of likely N-dealkylation sites (N-methyl/N-ethyl adjacent to an activating group) is 1. The molecule has 7 heteroatoms. The van der Waals surface area contributed by atoms with Gasteiger partial charge in [0.05, 0.1) is 13.7 Å². The Hall–Kier alpha value is -1.84. The fourth-order valence-electron chi connectivity index (χ4n) is 3.46. The van der Waals surface area contributed by atoms with Gasteiger partial charge in [-0.2, -0.15) is 0 Å². The molecule has 170 valence electrons. The van der Waals surface area contributed by atoms with E-state index in [1.807, 2.05) is 24.3 Å². The lowest BCUT2D eigenvalue weighted by Crippen LogP contribution is -2.43. The van der Waals surface area contributed by atoms with Crippen LogP contribution in [0.1, 0.15) is 23.6 Å². The zero-order chi connectivity index (χ0) is 21.2. The predicted octanol–water partition coefficient (Wildman–Crippen LogP) is 3.32. The Morgan fingerprint density at radius 3 is 2.13 bits per heavy atom. The molecule has 0 atom stereocenters. The standard InChI is InChI=1S/C24H35N5O.HI/c1-4-25-24(27-18-21-9-11-23(30-3)12-10-21)26-17-20-5-7-22(8-6-20)19-29-15-13-28(2)14-16-29;/h5-12H,4,13-19H2,1-3H3,(H2,25,26,27);1H. The van der Waals surface area contributed by atoms with E-state index in [0.29, 0.717) is 6.54 Å². The van der Waals surface area contributed by atoms with Gasteiger partial charge in [0.1, 0.15) is 5.75 Å². The first-order valence-electron chi connectivity index (χ1n) is 10.8. The highest BCUT2D eigenvalue weighted by Crippen LogP contribution is 2.12. The van der Waals surface area contributed by atoms with Crippen molar-refractivity contribution in [2.45, 2.75) is 26.6 Å². The number of piperazine rings is 1. The molecule has 0 saturated carbocycles. The van der Waals surface area contributed by atoms with E-state index >= 15 is 0 Å². The Labute approximate surface area is 204 Å². The van der Waals surface area contributed by atoms with E-state index in [0.717, 1.165) is 63.1 Å². The van der Waals surface area contributed by atoms with E-state index < -0.39 is 0 Å². The van der Waals surface area contributed by atoms with Crippen LogP contribution in [0, 0.1) is 0 Å². The summed E-state index contributed by atoms with van der Waals surface area (Å²) >= 11 is 0. The number of rotatable bonds is 8. The van der Waals surface area contributed by atoms with Crippen molar-refractivity contribution >= 4 is 29.9 Å². The van der Waals surface area contributed by atoms with Crippen LogP contribution in [0.4, 0.5) is 0 Å². The molecule has 6 nitrogen and oxygen atoms in total. The number of ether oxygens (including phenoxy) is 1. The lowest BCUT2D eigenvalue weighted by molar-refractivity contribution is 0.148. The van der Waals surface area contributed by atoms with Crippen LogP contribution in [0.2, 0.25) is 0 Å². The third-order valence-electron chi connectivity index (χ3n) is 5.41. The molecule has 3 rings (SSSR count). The monoisotopic (exact) mass is 537 g/mol. The van der Waals surface area contributed by atoms with Crippen LogP contribution in [0.15, 0.2) is 53.5 Å². The molecule has 0 aliphatic carbocycles. The summed E-state index contributed by atoms with van der Waals surface area (Å²) in [7, 11) is 3.88. The van der Waals surface area contributed by atoms with Gasteiger partial charge >= 0.3 is 0 Å². The first kappa shape index (κ1) is 25.4. The Bertz CT molecular complexity index is 787. The van der Waals surface area contributed by atoms with Gasteiger partial charge in [-0.3, -0.25) is 4.90 Å². The van der Waals surface area contributed by atoms with Gasteiger partial charge in [-0.05, 0) is 42.8 Å². The fourth-order valence-corrected chi connectivity index (χ4v) is 3.46. The minimum Gasteiger partial charge on any atom is -0.497 e. The first-order valence-corrected chi connectivity index (χ1v) is 10.8. The molecular weight excluding hydrogens is 501 g/mol. The van der Waals surface area contributed by atoms with Crippen LogP contribution in [-0.2, 0) is 19.6 Å². The van der Waals surface area contributed by atoms with Gasteiger partial charge < -0.3 is 20.3 Å². The molecule has 0 spiro atoms. The molecule has 0 amide bonds. The minimum atomic E-state index is 0. The number of methoxy groups -OCH3 is 1. The highest BCUT2D eigenvalue weighted by molar-refractivity contribution is 14.0. The van der Waals surface area contributed by atoms with E-state index in [4.69, 9.17) is 9.73 Å². The zero-order valence-corrected chi connectivity index (χ0v) is 21.3. The molecule has 31 heavy (non-hydrogen) atoms. The van der Waals surface area contributed by atoms with E-state index in [1.165, 1.54) is 11.1 Å². The van der Waals surface area contributed by atoms with Crippen molar-refractivity contribution in [2.24, 2.45) is 4.99 Å². The number of nitrogens with one attached hydrogen (secondary N) is 2. The smallest absolute Gasteiger partial charge is 0.191 e. The van der Waals surface area contributed by atoms with E-state index in [2.05, 4.69) is 58.7 Å². The first-order chi connectivity index (χ1) is 14.7. The summed E-state index contributed by atoms with van der Waals surface area (Å²) in [4.78, 5) is 9.62. The van der Waals surface area contributed by atoms with E-state index in [1.54, 1.807) is 7.11 Å². The van der Waals surface area contributed by atoms with Crippen LogP contribution in [0.5, 0.6) is 5.75 Å². The molecule has 2 aromatic carbocycles. The Balaban J connectivity index is 0.00000341. The lowest BCUT2D eigenvalue weighted by Gasteiger charge is -2.32. The van der Waals surface area contributed by atoms with Crippen molar-refractivity contribution in [1.82, 2.24) is 20.4 Å². The number of hydrogen-bond donors (Lipinski definition) is 2. The topological polar surface area (TPSA) is 52.1 Å². The Morgan fingerprint density at radius 2 is 1.52 bits per heavy atom. The Morgan fingerprint density at radius 1 is 0.903 bits per heavy atom. The maximum Gasteiger partial charge on any atom is 0.191 e. The average Bonchev–Trinajstić information content (AvgIpc) is 2.78. The highest BCUT2D eigenvalue weighted by Gasteiger charge is 2.13. The van der Waals surface area contributed by atoms with Gasteiger partial charge in [0.25, 0.3) is 0 Å².